The summed E-state index contributed by atoms with van der Waals surface area (Å²) in [6, 6.07) is 5.22. The topological polar surface area (TPSA) is 125 Å². The van der Waals surface area contributed by atoms with E-state index in [2.05, 4.69) is 27.4 Å². The van der Waals surface area contributed by atoms with Gasteiger partial charge in [0.2, 0.25) is 5.95 Å². The van der Waals surface area contributed by atoms with Crippen molar-refractivity contribution in [2.45, 2.75) is 13.0 Å². The molecule has 0 radical (unpaired) electrons. The molecule has 10 nitrogen and oxygen atoms in total. The Morgan fingerprint density at radius 3 is 3.08 bits per heavy atom. The van der Waals surface area contributed by atoms with Crippen LogP contribution in [0.3, 0.4) is 0 Å². The molecule has 1 aromatic heterocycles. The molecule has 1 aliphatic rings. The smallest absolute Gasteiger partial charge is 0.338 e. The molecule has 2 aromatic rings. The Balaban J connectivity index is 2.12. The van der Waals surface area contributed by atoms with E-state index < -0.39 is 16.9 Å². The number of hydrogen-bond acceptors (Lipinski definition) is 8. The van der Waals surface area contributed by atoms with Crippen LogP contribution in [0.25, 0.3) is 0 Å². The van der Waals surface area contributed by atoms with Crippen LogP contribution in [0.5, 0.6) is 0 Å². The number of fused-ring (bicyclic) bond motifs is 1. The number of tetrazole rings is 1. The second-order valence-electron chi connectivity index (χ2n) is 5.25. The van der Waals surface area contributed by atoms with Gasteiger partial charge < -0.3 is 10.1 Å². The van der Waals surface area contributed by atoms with Crippen LogP contribution < -0.4 is 5.32 Å². The summed E-state index contributed by atoms with van der Waals surface area (Å²) in [7, 11) is 0. The van der Waals surface area contributed by atoms with Crippen LogP contribution in [-0.4, -0.2) is 37.7 Å². The number of ether oxygens (including phenoxy) is 1. The zero-order valence-corrected chi connectivity index (χ0v) is 13.2. The molecule has 1 N–H and O–H groups in total. The minimum atomic E-state index is -0.747. The van der Waals surface area contributed by atoms with Gasteiger partial charge in [-0.2, -0.15) is 4.68 Å². The number of nitrogens with one attached hydrogen (secondary N) is 1. The van der Waals surface area contributed by atoms with Gasteiger partial charge in [0, 0.05) is 17.8 Å². The lowest BCUT2D eigenvalue weighted by Gasteiger charge is -2.27. The van der Waals surface area contributed by atoms with Gasteiger partial charge in [-0.15, -0.1) is 0 Å². The molecule has 3 rings (SSSR count). The Bertz CT molecular complexity index is 888. The van der Waals surface area contributed by atoms with Gasteiger partial charge in [-0.25, -0.2) is 4.79 Å². The average Bonchev–Trinajstić information content (AvgIpc) is 3.06. The standard InChI is InChI=1S/C15H14N6O4/c1-3-7-25-14(22)12-9(2)16-15-17-18-19-20(15)13(12)10-5-4-6-11(8-10)21(23)24/h3-6,8,13H,1,7H2,2H3,(H,16,17,19). The molecule has 0 aliphatic carbocycles. The first-order valence-electron chi connectivity index (χ1n) is 7.31. The maximum absolute atomic E-state index is 12.5. The minimum absolute atomic E-state index is 0.0414. The Morgan fingerprint density at radius 1 is 1.56 bits per heavy atom. The SMILES string of the molecule is C=CCOC(=O)C1=C(C)Nc2nnnn2C1c1cccc([N+](=O)[O-])c1. The number of nitrogens with zero attached hydrogens (tertiary/aromatic N) is 5. The fourth-order valence-electron chi connectivity index (χ4n) is 2.61. The van der Waals surface area contributed by atoms with E-state index in [4.69, 9.17) is 4.74 Å². The van der Waals surface area contributed by atoms with Gasteiger partial charge >= 0.3 is 5.97 Å². The number of rotatable bonds is 5. The summed E-state index contributed by atoms with van der Waals surface area (Å²) < 4.78 is 6.54. The van der Waals surface area contributed by atoms with Crippen molar-refractivity contribution in [1.29, 1.82) is 0 Å². The van der Waals surface area contributed by atoms with Crippen LogP contribution >= 0.6 is 0 Å². The highest BCUT2D eigenvalue weighted by molar-refractivity contribution is 5.92. The third-order valence-electron chi connectivity index (χ3n) is 3.66. The number of aromatic nitrogens is 4. The molecule has 0 saturated heterocycles. The van der Waals surface area contributed by atoms with Crippen LogP contribution in [-0.2, 0) is 9.53 Å². The lowest BCUT2D eigenvalue weighted by Crippen LogP contribution is -2.29. The summed E-state index contributed by atoms with van der Waals surface area (Å²) in [6.45, 7) is 5.24. The number of non-ortho nitro benzene ring substituents is 1. The van der Waals surface area contributed by atoms with Crippen LogP contribution in [0.2, 0.25) is 0 Å². The molecule has 1 aromatic carbocycles. The monoisotopic (exact) mass is 342 g/mol. The van der Waals surface area contributed by atoms with Gasteiger partial charge in [-0.3, -0.25) is 10.1 Å². The average molecular weight is 342 g/mol. The third-order valence-corrected chi connectivity index (χ3v) is 3.66. The summed E-state index contributed by atoms with van der Waals surface area (Å²) in [5, 5.41) is 25.4. The molecule has 2 heterocycles. The van der Waals surface area contributed by atoms with Crippen LogP contribution in [0.15, 0.2) is 48.2 Å². The summed E-state index contributed by atoms with van der Waals surface area (Å²) in [5.74, 6) is -0.253. The van der Waals surface area contributed by atoms with E-state index in [0.717, 1.165) is 0 Å². The molecular formula is C15H14N6O4. The molecule has 0 bridgehead atoms. The van der Waals surface area contributed by atoms with Crippen LogP contribution in [0.1, 0.15) is 18.5 Å². The fourth-order valence-corrected chi connectivity index (χ4v) is 2.61. The first kappa shape index (κ1) is 16.3. The van der Waals surface area contributed by atoms with Crippen molar-refractivity contribution in [3.05, 3.63) is 63.9 Å². The highest BCUT2D eigenvalue weighted by Crippen LogP contribution is 2.35. The summed E-state index contributed by atoms with van der Waals surface area (Å²) in [5.41, 5.74) is 1.17. The molecule has 0 amide bonds. The Morgan fingerprint density at radius 2 is 2.36 bits per heavy atom. The molecule has 128 valence electrons. The first-order valence-corrected chi connectivity index (χ1v) is 7.31. The van der Waals surface area contributed by atoms with Gasteiger partial charge in [0.15, 0.2) is 0 Å². The number of allylic oxidation sites excluding steroid dienone is 1. The fraction of sp³-hybridized carbons (Fsp3) is 0.200. The molecule has 25 heavy (non-hydrogen) atoms. The van der Waals surface area contributed by atoms with Gasteiger partial charge in [0.05, 0.1) is 10.5 Å². The van der Waals surface area contributed by atoms with E-state index in [9.17, 15) is 14.9 Å². The second kappa shape index (κ2) is 6.51. The van der Waals surface area contributed by atoms with Crippen molar-refractivity contribution in [1.82, 2.24) is 20.2 Å². The lowest BCUT2D eigenvalue weighted by atomic mass is 9.95. The molecule has 1 atom stereocenters. The van der Waals surface area contributed by atoms with Crippen molar-refractivity contribution in [2.24, 2.45) is 0 Å². The lowest BCUT2D eigenvalue weighted by molar-refractivity contribution is -0.384. The van der Waals surface area contributed by atoms with Gasteiger partial charge in [-0.1, -0.05) is 29.9 Å². The molecule has 0 saturated carbocycles. The quantitative estimate of drug-likeness (QED) is 0.376. The normalized spacial score (nSPS) is 16.0. The van der Waals surface area contributed by atoms with Crippen molar-refractivity contribution >= 4 is 17.6 Å². The highest BCUT2D eigenvalue weighted by atomic mass is 16.6. The number of anilines is 1. The van der Waals surface area contributed by atoms with Crippen molar-refractivity contribution in [3.8, 4) is 0 Å². The molecule has 0 spiro atoms. The molecule has 0 fully saturated rings. The number of carbonyl (C=O) groups is 1. The molecule has 1 unspecified atom stereocenters. The Hall–Kier alpha value is -3.56. The number of carbonyl (C=O) groups excluding carboxylic acids is 1. The summed E-state index contributed by atoms with van der Waals surface area (Å²) >= 11 is 0. The third kappa shape index (κ3) is 2.96. The largest absolute Gasteiger partial charge is 0.458 e. The van der Waals surface area contributed by atoms with Crippen LogP contribution in [0.4, 0.5) is 11.6 Å². The van der Waals surface area contributed by atoms with Gasteiger partial charge in [-0.05, 0) is 22.9 Å². The Labute approximate surface area is 141 Å². The van der Waals surface area contributed by atoms with E-state index in [1.165, 1.54) is 22.9 Å². The number of nitro benzene ring substituents is 1. The van der Waals surface area contributed by atoms with Crippen LogP contribution in [0, 0.1) is 10.1 Å². The maximum atomic E-state index is 12.5. The van der Waals surface area contributed by atoms with Crippen molar-refractivity contribution in [3.63, 3.8) is 0 Å². The second-order valence-corrected chi connectivity index (χ2v) is 5.25. The first-order chi connectivity index (χ1) is 12.0. The molecular weight excluding hydrogens is 328 g/mol. The molecule has 1 aliphatic heterocycles. The maximum Gasteiger partial charge on any atom is 0.338 e. The van der Waals surface area contributed by atoms with E-state index in [1.54, 1.807) is 19.1 Å². The van der Waals surface area contributed by atoms with E-state index in [0.29, 0.717) is 17.2 Å². The zero-order chi connectivity index (χ0) is 18.0. The zero-order valence-electron chi connectivity index (χ0n) is 13.2. The number of benzene rings is 1. The minimum Gasteiger partial charge on any atom is -0.458 e. The highest BCUT2D eigenvalue weighted by Gasteiger charge is 2.35. The summed E-state index contributed by atoms with van der Waals surface area (Å²) in [6.07, 6.45) is 1.45. The van der Waals surface area contributed by atoms with E-state index in [1.807, 2.05) is 0 Å². The van der Waals surface area contributed by atoms with E-state index in [-0.39, 0.29) is 17.9 Å². The van der Waals surface area contributed by atoms with Gasteiger partial charge in [0.1, 0.15) is 12.6 Å². The predicted octanol–water partition coefficient (Wildman–Crippen LogP) is 1.60. The van der Waals surface area contributed by atoms with E-state index >= 15 is 0 Å². The number of esters is 1. The van der Waals surface area contributed by atoms with Crippen molar-refractivity contribution in [2.75, 3.05) is 11.9 Å². The predicted molar refractivity (Wildman–Crippen MR) is 86.5 cm³/mol. The molecule has 10 heteroatoms. The number of nitro groups is 1. The Kier molecular flexibility index (Phi) is 4.25. The van der Waals surface area contributed by atoms with Gasteiger partial charge in [0.25, 0.3) is 5.69 Å². The number of hydrogen-bond donors (Lipinski definition) is 1. The van der Waals surface area contributed by atoms with Crippen molar-refractivity contribution < 1.29 is 14.5 Å². The summed E-state index contributed by atoms with van der Waals surface area (Å²) in [4.78, 5) is 23.1.